The number of imide groups is 1. The molecular weight excluding hydrogens is 494 g/mol. The highest BCUT2D eigenvalue weighted by Gasteiger charge is 2.36. The van der Waals surface area contributed by atoms with Crippen LogP contribution in [-0.4, -0.2) is 55.0 Å². The van der Waals surface area contributed by atoms with Gasteiger partial charge in [0.2, 0.25) is 0 Å². The first-order chi connectivity index (χ1) is 17.5. The molecule has 0 saturated carbocycles. The van der Waals surface area contributed by atoms with E-state index in [1.807, 2.05) is 12.1 Å². The van der Waals surface area contributed by atoms with Crippen molar-refractivity contribution in [3.8, 4) is 17.2 Å². The van der Waals surface area contributed by atoms with E-state index in [0.29, 0.717) is 30.3 Å². The van der Waals surface area contributed by atoms with Crippen LogP contribution in [0.2, 0.25) is 0 Å². The molecule has 2 aromatic rings. The number of esters is 1. The molecule has 1 saturated heterocycles. The third kappa shape index (κ3) is 7.76. The number of amides is 2. The van der Waals surface area contributed by atoms with Gasteiger partial charge in [-0.05, 0) is 72.5 Å². The summed E-state index contributed by atoms with van der Waals surface area (Å²) in [6.07, 6.45) is 1.25. The molecule has 0 spiro atoms. The lowest BCUT2D eigenvalue weighted by atomic mass is 9.87. The number of ether oxygens (including phenoxy) is 4. The Kier molecular flexibility index (Phi) is 9.26. The van der Waals surface area contributed by atoms with Gasteiger partial charge in [-0.25, -0.2) is 0 Å². The standard InChI is InChI=1S/C28H33NO7S/c1-18(2)36-25(30)17-29-26(31)24(37-27(29)32)16-19-7-12-22(23(15-19)33-6)35-14-13-34-21-10-8-20(9-11-21)28(3,4)5/h7-12,15-16,18H,13-14,17H2,1-6H3/b24-16-. The maximum atomic E-state index is 12.7. The van der Waals surface area contributed by atoms with Crippen molar-refractivity contribution in [3.63, 3.8) is 0 Å². The Bertz CT molecular complexity index is 1170. The molecule has 0 radical (unpaired) electrons. The second-order valence-electron chi connectivity index (χ2n) is 9.69. The van der Waals surface area contributed by atoms with Crippen LogP contribution in [0.5, 0.6) is 17.2 Å². The Balaban J connectivity index is 1.58. The number of hydrogen-bond acceptors (Lipinski definition) is 8. The summed E-state index contributed by atoms with van der Waals surface area (Å²) >= 11 is 0.774. The van der Waals surface area contributed by atoms with Crippen LogP contribution >= 0.6 is 11.8 Å². The van der Waals surface area contributed by atoms with Gasteiger partial charge in [-0.2, -0.15) is 0 Å². The van der Waals surface area contributed by atoms with Gasteiger partial charge in [-0.3, -0.25) is 19.3 Å². The minimum absolute atomic E-state index is 0.0837. The van der Waals surface area contributed by atoms with Gasteiger partial charge >= 0.3 is 5.97 Å². The topological polar surface area (TPSA) is 91.4 Å². The van der Waals surface area contributed by atoms with Crippen LogP contribution in [0, 0.1) is 0 Å². The summed E-state index contributed by atoms with van der Waals surface area (Å²) in [5, 5.41) is -0.517. The van der Waals surface area contributed by atoms with Crippen molar-refractivity contribution in [2.75, 3.05) is 26.9 Å². The van der Waals surface area contributed by atoms with E-state index in [2.05, 4.69) is 32.9 Å². The van der Waals surface area contributed by atoms with E-state index in [0.717, 1.165) is 22.4 Å². The zero-order chi connectivity index (χ0) is 27.2. The summed E-state index contributed by atoms with van der Waals surface area (Å²) in [5.41, 5.74) is 1.97. The first-order valence-corrected chi connectivity index (χ1v) is 12.8. The monoisotopic (exact) mass is 527 g/mol. The Morgan fingerprint density at radius 3 is 2.30 bits per heavy atom. The van der Waals surface area contributed by atoms with Gasteiger partial charge in [0.15, 0.2) is 11.5 Å². The molecule has 0 aromatic heterocycles. The van der Waals surface area contributed by atoms with Gasteiger partial charge in [0.25, 0.3) is 11.1 Å². The van der Waals surface area contributed by atoms with Gasteiger partial charge in [-0.1, -0.05) is 39.0 Å². The van der Waals surface area contributed by atoms with Crippen molar-refractivity contribution in [1.29, 1.82) is 0 Å². The van der Waals surface area contributed by atoms with Crippen molar-refractivity contribution in [3.05, 3.63) is 58.5 Å². The van der Waals surface area contributed by atoms with Crippen LogP contribution in [-0.2, 0) is 19.7 Å². The van der Waals surface area contributed by atoms with Crippen LogP contribution in [0.15, 0.2) is 47.4 Å². The van der Waals surface area contributed by atoms with E-state index in [1.54, 1.807) is 38.1 Å². The summed E-state index contributed by atoms with van der Waals surface area (Å²) < 4.78 is 22.1. The first kappa shape index (κ1) is 28.1. The van der Waals surface area contributed by atoms with E-state index in [4.69, 9.17) is 18.9 Å². The lowest BCUT2D eigenvalue weighted by molar-refractivity contribution is -0.149. The van der Waals surface area contributed by atoms with E-state index in [1.165, 1.54) is 12.7 Å². The molecule has 0 atom stereocenters. The van der Waals surface area contributed by atoms with Crippen molar-refractivity contribution < 1.29 is 33.3 Å². The third-order valence-electron chi connectivity index (χ3n) is 5.34. The first-order valence-electron chi connectivity index (χ1n) is 12.0. The van der Waals surface area contributed by atoms with Crippen LogP contribution in [0.25, 0.3) is 6.08 Å². The number of nitrogens with zero attached hydrogens (tertiary/aromatic N) is 1. The normalized spacial score (nSPS) is 14.9. The highest BCUT2D eigenvalue weighted by atomic mass is 32.2. The van der Waals surface area contributed by atoms with E-state index < -0.39 is 23.7 Å². The fourth-order valence-corrected chi connectivity index (χ4v) is 4.31. The third-order valence-corrected chi connectivity index (χ3v) is 6.25. The number of hydrogen-bond donors (Lipinski definition) is 0. The summed E-state index contributed by atoms with van der Waals surface area (Å²) in [6.45, 7) is 10.1. The number of methoxy groups -OCH3 is 1. The molecule has 2 aromatic carbocycles. The number of carbonyl (C=O) groups excluding carboxylic acids is 3. The predicted molar refractivity (Wildman–Crippen MR) is 143 cm³/mol. The molecule has 0 N–H and O–H groups in total. The fraction of sp³-hybridized carbons (Fsp3) is 0.393. The average Bonchev–Trinajstić information content (AvgIpc) is 3.08. The molecule has 0 unspecified atom stereocenters. The van der Waals surface area contributed by atoms with Crippen LogP contribution < -0.4 is 14.2 Å². The highest BCUT2D eigenvalue weighted by molar-refractivity contribution is 8.18. The van der Waals surface area contributed by atoms with Gasteiger partial charge in [-0.15, -0.1) is 0 Å². The second kappa shape index (κ2) is 12.2. The van der Waals surface area contributed by atoms with Crippen molar-refractivity contribution >= 4 is 35.0 Å². The molecule has 1 aliphatic heterocycles. The van der Waals surface area contributed by atoms with Gasteiger partial charge in [0, 0.05) is 0 Å². The minimum Gasteiger partial charge on any atom is -0.493 e. The van der Waals surface area contributed by atoms with Gasteiger partial charge in [0.05, 0.1) is 18.1 Å². The molecule has 8 nitrogen and oxygen atoms in total. The average molecular weight is 528 g/mol. The Morgan fingerprint density at radius 2 is 1.68 bits per heavy atom. The van der Waals surface area contributed by atoms with E-state index in [-0.39, 0.29) is 16.4 Å². The quantitative estimate of drug-likeness (QED) is 0.229. The Hall–Kier alpha value is -3.46. The molecule has 1 heterocycles. The molecule has 0 bridgehead atoms. The minimum atomic E-state index is -0.632. The molecule has 198 valence electrons. The summed E-state index contributed by atoms with van der Waals surface area (Å²) in [4.78, 5) is 37.9. The maximum Gasteiger partial charge on any atom is 0.326 e. The van der Waals surface area contributed by atoms with Gasteiger partial charge in [0.1, 0.15) is 25.5 Å². The Morgan fingerprint density at radius 1 is 1.00 bits per heavy atom. The molecule has 2 amide bonds. The number of benzene rings is 2. The molecule has 9 heteroatoms. The molecule has 0 aliphatic carbocycles. The highest BCUT2D eigenvalue weighted by Crippen LogP contribution is 2.34. The SMILES string of the molecule is COc1cc(/C=C2\SC(=O)N(CC(=O)OC(C)C)C2=O)ccc1OCCOc1ccc(C(C)(C)C)cc1. The van der Waals surface area contributed by atoms with Crippen molar-refractivity contribution in [2.24, 2.45) is 0 Å². The van der Waals surface area contributed by atoms with Crippen molar-refractivity contribution in [2.45, 2.75) is 46.1 Å². The molecule has 1 aliphatic rings. The second-order valence-corrected chi connectivity index (χ2v) is 10.7. The van der Waals surface area contributed by atoms with Crippen molar-refractivity contribution in [1.82, 2.24) is 4.90 Å². The zero-order valence-corrected chi connectivity index (χ0v) is 22.8. The summed E-state index contributed by atoms with van der Waals surface area (Å²) in [7, 11) is 1.52. The van der Waals surface area contributed by atoms with Gasteiger partial charge < -0.3 is 18.9 Å². The maximum absolute atomic E-state index is 12.7. The zero-order valence-electron chi connectivity index (χ0n) is 22.0. The molecular formula is C28H33NO7S. The molecule has 1 fully saturated rings. The number of carbonyl (C=O) groups is 3. The number of rotatable bonds is 10. The van der Waals surface area contributed by atoms with Crippen LogP contribution in [0.4, 0.5) is 4.79 Å². The van der Waals surface area contributed by atoms with Crippen LogP contribution in [0.3, 0.4) is 0 Å². The Labute approximate surface area is 221 Å². The summed E-state index contributed by atoms with van der Waals surface area (Å²) in [6, 6.07) is 13.2. The fourth-order valence-electron chi connectivity index (χ4n) is 3.47. The molecule has 37 heavy (non-hydrogen) atoms. The lowest BCUT2D eigenvalue weighted by Gasteiger charge is -2.19. The van der Waals surface area contributed by atoms with Crippen LogP contribution in [0.1, 0.15) is 45.7 Å². The lowest BCUT2D eigenvalue weighted by Crippen LogP contribution is -2.35. The molecule has 3 rings (SSSR count). The largest absolute Gasteiger partial charge is 0.493 e. The number of thioether (sulfide) groups is 1. The smallest absolute Gasteiger partial charge is 0.326 e. The predicted octanol–water partition coefficient (Wildman–Crippen LogP) is 5.44. The van der Waals surface area contributed by atoms with E-state index >= 15 is 0 Å². The van der Waals surface area contributed by atoms with E-state index in [9.17, 15) is 14.4 Å². The summed E-state index contributed by atoms with van der Waals surface area (Å²) in [5.74, 6) is 0.597.